The van der Waals surface area contributed by atoms with Crippen LogP contribution in [0.25, 0.3) is 0 Å². The van der Waals surface area contributed by atoms with E-state index in [1.807, 2.05) is 0 Å². The van der Waals surface area contributed by atoms with Crippen molar-refractivity contribution in [1.29, 1.82) is 0 Å². The molecule has 0 saturated carbocycles. The average Bonchev–Trinajstić information content (AvgIpc) is 2.26. The van der Waals surface area contributed by atoms with Gasteiger partial charge in [-0.15, -0.1) is 0 Å². The van der Waals surface area contributed by atoms with Crippen LogP contribution in [-0.2, 0) is 9.47 Å². The maximum Gasteiger partial charge on any atom is 0.115 e. The second-order valence-electron chi connectivity index (χ2n) is 4.06. The molecular weight excluding hydrogens is 188 g/mol. The van der Waals surface area contributed by atoms with Crippen LogP contribution in [0.3, 0.4) is 0 Å². The molecule has 0 spiro atoms. The average molecular weight is 208 g/mol. The first-order valence-electron chi connectivity index (χ1n) is 5.28. The first-order valence-corrected chi connectivity index (χ1v) is 5.28. The van der Waals surface area contributed by atoms with E-state index in [1.165, 1.54) is 17.6 Å². The first-order chi connectivity index (χ1) is 7.10. The highest BCUT2D eigenvalue weighted by Crippen LogP contribution is 2.36. The van der Waals surface area contributed by atoms with Gasteiger partial charge in [0.2, 0.25) is 0 Å². The lowest BCUT2D eigenvalue weighted by molar-refractivity contribution is 0.278. The minimum absolute atomic E-state index is 0.681. The Morgan fingerprint density at radius 2 is 1.67 bits per heavy atom. The van der Waals surface area contributed by atoms with Crippen LogP contribution < -0.4 is 0 Å². The topological polar surface area (TPSA) is 18.5 Å². The molecule has 1 aliphatic rings. The third-order valence-corrected chi connectivity index (χ3v) is 2.97. The van der Waals surface area contributed by atoms with Crippen molar-refractivity contribution in [3.05, 3.63) is 35.8 Å². The van der Waals surface area contributed by atoms with Crippen molar-refractivity contribution < 1.29 is 9.47 Å². The standard InChI is InChI=1S/C13H20O2/c1-9-6-7-12(10(2)14-4)13(8-9)11(3)15-5/h9H,2-3,6-8H2,1,4-5H3. The van der Waals surface area contributed by atoms with Crippen molar-refractivity contribution in [2.24, 2.45) is 5.92 Å². The normalized spacial score (nSPS) is 21.1. The molecule has 1 atom stereocenters. The number of hydrogen-bond donors (Lipinski definition) is 0. The smallest absolute Gasteiger partial charge is 0.115 e. The van der Waals surface area contributed by atoms with Crippen LogP contribution in [0.5, 0.6) is 0 Å². The van der Waals surface area contributed by atoms with Gasteiger partial charge in [-0.05, 0) is 25.2 Å². The van der Waals surface area contributed by atoms with E-state index in [-0.39, 0.29) is 0 Å². The second kappa shape index (κ2) is 5.06. The molecule has 0 aromatic heterocycles. The lowest BCUT2D eigenvalue weighted by Crippen LogP contribution is -2.11. The van der Waals surface area contributed by atoms with Gasteiger partial charge < -0.3 is 9.47 Å². The fourth-order valence-corrected chi connectivity index (χ4v) is 1.95. The van der Waals surface area contributed by atoms with Crippen molar-refractivity contribution >= 4 is 0 Å². The quantitative estimate of drug-likeness (QED) is 0.659. The van der Waals surface area contributed by atoms with E-state index in [0.717, 1.165) is 24.4 Å². The molecule has 0 saturated heterocycles. The molecule has 15 heavy (non-hydrogen) atoms. The van der Waals surface area contributed by atoms with Crippen molar-refractivity contribution in [2.45, 2.75) is 26.2 Å². The molecule has 1 aliphatic carbocycles. The molecule has 0 aromatic carbocycles. The Hall–Kier alpha value is -1.18. The van der Waals surface area contributed by atoms with E-state index in [4.69, 9.17) is 9.47 Å². The van der Waals surface area contributed by atoms with Gasteiger partial charge in [-0.2, -0.15) is 0 Å². The van der Waals surface area contributed by atoms with E-state index >= 15 is 0 Å². The summed E-state index contributed by atoms with van der Waals surface area (Å²) >= 11 is 0. The summed E-state index contributed by atoms with van der Waals surface area (Å²) in [5.41, 5.74) is 2.34. The van der Waals surface area contributed by atoms with Crippen LogP contribution in [0.4, 0.5) is 0 Å². The molecule has 0 aromatic rings. The first kappa shape index (κ1) is 11.9. The Balaban J connectivity index is 3.01. The zero-order valence-corrected chi connectivity index (χ0v) is 9.93. The monoisotopic (exact) mass is 208 g/mol. The molecule has 0 bridgehead atoms. The van der Waals surface area contributed by atoms with Gasteiger partial charge in [-0.25, -0.2) is 0 Å². The van der Waals surface area contributed by atoms with Crippen molar-refractivity contribution in [1.82, 2.24) is 0 Å². The van der Waals surface area contributed by atoms with E-state index < -0.39 is 0 Å². The van der Waals surface area contributed by atoms with Crippen molar-refractivity contribution in [3.63, 3.8) is 0 Å². The zero-order valence-electron chi connectivity index (χ0n) is 9.93. The predicted octanol–water partition coefficient (Wildman–Crippen LogP) is 3.42. The highest BCUT2D eigenvalue weighted by atomic mass is 16.5. The van der Waals surface area contributed by atoms with Crippen LogP contribution in [0.2, 0.25) is 0 Å². The van der Waals surface area contributed by atoms with Crippen molar-refractivity contribution in [3.8, 4) is 0 Å². The van der Waals surface area contributed by atoms with E-state index in [0.29, 0.717) is 5.92 Å². The maximum absolute atomic E-state index is 5.21. The van der Waals surface area contributed by atoms with Gasteiger partial charge in [0.1, 0.15) is 11.5 Å². The van der Waals surface area contributed by atoms with Gasteiger partial charge in [0.25, 0.3) is 0 Å². The third-order valence-electron chi connectivity index (χ3n) is 2.97. The molecular formula is C13H20O2. The molecule has 0 heterocycles. The van der Waals surface area contributed by atoms with Crippen LogP contribution in [0.15, 0.2) is 35.8 Å². The Bertz CT molecular complexity index is 300. The summed E-state index contributed by atoms with van der Waals surface area (Å²) in [6, 6.07) is 0. The molecule has 1 rings (SSSR count). The van der Waals surface area contributed by atoms with Gasteiger partial charge in [0, 0.05) is 11.1 Å². The Morgan fingerprint density at radius 3 is 2.20 bits per heavy atom. The fraction of sp³-hybridized carbons (Fsp3) is 0.538. The number of allylic oxidation sites excluding steroid dienone is 2. The number of rotatable bonds is 4. The summed E-state index contributed by atoms with van der Waals surface area (Å²) < 4.78 is 10.4. The maximum atomic E-state index is 5.21. The SMILES string of the molecule is C=C(OC)C1=C(C(=C)OC)CC(C)CC1. The minimum Gasteiger partial charge on any atom is -0.497 e. The predicted molar refractivity (Wildman–Crippen MR) is 62.3 cm³/mol. The van der Waals surface area contributed by atoms with Crippen molar-refractivity contribution in [2.75, 3.05) is 14.2 Å². The molecule has 2 nitrogen and oxygen atoms in total. The number of hydrogen-bond acceptors (Lipinski definition) is 2. The Morgan fingerprint density at radius 1 is 1.13 bits per heavy atom. The van der Waals surface area contributed by atoms with Gasteiger partial charge in [-0.1, -0.05) is 20.1 Å². The lowest BCUT2D eigenvalue weighted by atomic mass is 9.83. The lowest BCUT2D eigenvalue weighted by Gasteiger charge is -2.26. The highest BCUT2D eigenvalue weighted by molar-refractivity contribution is 5.40. The van der Waals surface area contributed by atoms with Gasteiger partial charge in [0.15, 0.2) is 0 Å². The minimum atomic E-state index is 0.681. The summed E-state index contributed by atoms with van der Waals surface area (Å²) in [5.74, 6) is 2.17. The Labute approximate surface area is 92.3 Å². The summed E-state index contributed by atoms with van der Waals surface area (Å²) in [4.78, 5) is 0. The third kappa shape index (κ3) is 2.65. The molecule has 0 amide bonds. The molecule has 0 N–H and O–H groups in total. The molecule has 0 radical (unpaired) electrons. The van der Waals surface area contributed by atoms with E-state index in [9.17, 15) is 0 Å². The van der Waals surface area contributed by atoms with Crippen LogP contribution >= 0.6 is 0 Å². The summed E-state index contributed by atoms with van der Waals surface area (Å²) in [6.07, 6.45) is 3.19. The summed E-state index contributed by atoms with van der Waals surface area (Å²) in [6.45, 7) is 10.1. The fourth-order valence-electron chi connectivity index (χ4n) is 1.95. The van der Waals surface area contributed by atoms with Gasteiger partial charge in [0.05, 0.1) is 14.2 Å². The van der Waals surface area contributed by atoms with E-state index in [1.54, 1.807) is 14.2 Å². The molecule has 0 fully saturated rings. The zero-order chi connectivity index (χ0) is 11.4. The molecule has 84 valence electrons. The Kier molecular flexibility index (Phi) is 4.01. The largest absolute Gasteiger partial charge is 0.497 e. The molecule has 2 heteroatoms. The van der Waals surface area contributed by atoms with Gasteiger partial charge in [-0.3, -0.25) is 0 Å². The van der Waals surface area contributed by atoms with Crippen LogP contribution in [-0.4, -0.2) is 14.2 Å². The number of ether oxygens (including phenoxy) is 2. The van der Waals surface area contributed by atoms with Crippen LogP contribution in [0.1, 0.15) is 26.2 Å². The molecule has 1 unspecified atom stereocenters. The summed E-state index contributed by atoms with van der Waals surface area (Å²) in [5, 5.41) is 0. The van der Waals surface area contributed by atoms with E-state index in [2.05, 4.69) is 20.1 Å². The number of methoxy groups -OCH3 is 2. The summed E-state index contributed by atoms with van der Waals surface area (Å²) in [7, 11) is 3.31. The highest BCUT2D eigenvalue weighted by Gasteiger charge is 2.22. The molecule has 0 aliphatic heterocycles. The van der Waals surface area contributed by atoms with Crippen LogP contribution in [0, 0.1) is 5.92 Å². The van der Waals surface area contributed by atoms with Gasteiger partial charge >= 0.3 is 0 Å². The second-order valence-corrected chi connectivity index (χ2v) is 4.06.